The lowest BCUT2D eigenvalue weighted by molar-refractivity contribution is 0.169. The highest BCUT2D eigenvalue weighted by Gasteiger charge is 2.21. The Bertz CT molecular complexity index is 62.0. The highest BCUT2D eigenvalue weighted by atomic mass is 28.4. The van der Waals surface area contributed by atoms with Crippen molar-refractivity contribution in [2.75, 3.05) is 14.2 Å². The molecule has 9 heavy (non-hydrogen) atoms. The van der Waals surface area contributed by atoms with E-state index in [1.54, 1.807) is 0 Å². The van der Waals surface area contributed by atoms with Crippen molar-refractivity contribution in [2.45, 2.75) is 0 Å². The Morgan fingerprint density at radius 3 is 1.56 bits per heavy atom. The van der Waals surface area contributed by atoms with Crippen LogP contribution in [0.15, 0.2) is 0 Å². The Labute approximate surface area is 56.7 Å². The van der Waals surface area contributed by atoms with Crippen LogP contribution in [-0.2, 0) is 13.0 Å². The Morgan fingerprint density at radius 2 is 1.33 bits per heavy atom. The van der Waals surface area contributed by atoms with E-state index in [-0.39, 0.29) is 0 Å². The van der Waals surface area contributed by atoms with Gasteiger partial charge < -0.3 is 22.6 Å². The second-order valence-corrected chi connectivity index (χ2v) is 3.74. The van der Waals surface area contributed by atoms with Crippen LogP contribution in [0.4, 0.5) is 0 Å². The standard InChI is InChI=1S/C2H8O5Si2/c1-5-8(3)7-9(4)6-2/h3-4H,1-2H3. The third-order valence-corrected chi connectivity index (χ3v) is 2.62. The van der Waals surface area contributed by atoms with Gasteiger partial charge in [0.15, 0.2) is 0 Å². The summed E-state index contributed by atoms with van der Waals surface area (Å²) in [5.41, 5.74) is 0. The molecule has 0 saturated heterocycles. The molecular formula is C2H8O5Si2. The minimum absolute atomic E-state index is 1.29. The Balaban J connectivity index is 3.22. The maximum atomic E-state index is 8.60. The molecule has 0 rings (SSSR count). The summed E-state index contributed by atoms with van der Waals surface area (Å²) in [5, 5.41) is 0. The smallest absolute Gasteiger partial charge is 0.388 e. The summed E-state index contributed by atoms with van der Waals surface area (Å²) in [6, 6.07) is 0. The van der Waals surface area contributed by atoms with Crippen molar-refractivity contribution in [1.29, 1.82) is 0 Å². The maximum Gasteiger partial charge on any atom is 0.566 e. The van der Waals surface area contributed by atoms with Gasteiger partial charge in [0.1, 0.15) is 0 Å². The first-order chi connectivity index (χ1) is 4.20. The molecule has 0 aromatic rings. The Kier molecular flexibility index (Phi) is 5.18. The molecule has 0 fully saturated rings. The van der Waals surface area contributed by atoms with Crippen LogP contribution in [0.3, 0.4) is 0 Å². The van der Waals surface area contributed by atoms with Crippen LogP contribution >= 0.6 is 0 Å². The van der Waals surface area contributed by atoms with Gasteiger partial charge in [-0.25, -0.2) is 0 Å². The van der Waals surface area contributed by atoms with E-state index < -0.39 is 19.1 Å². The molecule has 0 bridgehead atoms. The largest absolute Gasteiger partial charge is 0.566 e. The first kappa shape index (κ1) is 9.23. The quantitative estimate of drug-likeness (QED) is 0.487. The van der Waals surface area contributed by atoms with Crippen LogP contribution in [-0.4, -0.2) is 42.9 Å². The molecular weight excluding hydrogens is 160 g/mol. The molecule has 54 valence electrons. The van der Waals surface area contributed by atoms with Gasteiger partial charge in [0.05, 0.1) is 0 Å². The van der Waals surface area contributed by atoms with E-state index in [1.807, 2.05) is 0 Å². The molecule has 0 aliphatic carbocycles. The second-order valence-electron chi connectivity index (χ2n) is 1.04. The summed E-state index contributed by atoms with van der Waals surface area (Å²) in [6.45, 7) is 0. The molecule has 0 aromatic carbocycles. The third-order valence-electron chi connectivity index (χ3n) is 0.524. The van der Waals surface area contributed by atoms with Crippen molar-refractivity contribution in [1.82, 2.24) is 0 Å². The molecule has 0 saturated carbocycles. The predicted molar refractivity (Wildman–Crippen MR) is 31.0 cm³/mol. The lowest BCUT2D eigenvalue weighted by Crippen LogP contribution is -2.32. The molecule has 0 heterocycles. The van der Waals surface area contributed by atoms with Gasteiger partial charge in [0.25, 0.3) is 0 Å². The van der Waals surface area contributed by atoms with Crippen LogP contribution in [0.5, 0.6) is 0 Å². The van der Waals surface area contributed by atoms with Crippen molar-refractivity contribution < 1.29 is 22.6 Å². The van der Waals surface area contributed by atoms with Crippen molar-refractivity contribution >= 4 is 19.1 Å². The van der Waals surface area contributed by atoms with E-state index in [9.17, 15) is 0 Å². The van der Waals surface area contributed by atoms with Gasteiger partial charge in [-0.3, -0.25) is 0 Å². The minimum atomic E-state index is -2.27. The van der Waals surface area contributed by atoms with Crippen LogP contribution in [0.25, 0.3) is 0 Å². The topological polar surface area (TPSA) is 68.2 Å². The fourth-order valence-corrected chi connectivity index (χ4v) is 1.42. The molecule has 2 N–H and O–H groups in total. The van der Waals surface area contributed by atoms with Crippen LogP contribution in [0, 0.1) is 0 Å². The van der Waals surface area contributed by atoms with Crippen molar-refractivity contribution in [3.63, 3.8) is 0 Å². The maximum absolute atomic E-state index is 8.60. The van der Waals surface area contributed by atoms with Gasteiger partial charge >= 0.3 is 19.1 Å². The zero-order chi connectivity index (χ0) is 7.28. The number of hydrogen-bond donors (Lipinski definition) is 2. The van der Waals surface area contributed by atoms with E-state index in [0.29, 0.717) is 0 Å². The lowest BCUT2D eigenvalue weighted by atomic mass is 11.8. The minimum Gasteiger partial charge on any atom is -0.388 e. The first-order valence-electron chi connectivity index (χ1n) is 2.08. The summed E-state index contributed by atoms with van der Waals surface area (Å²) >= 11 is 0. The SMILES string of the molecule is CO[Si](O)O[Si](O)OC. The predicted octanol–water partition coefficient (Wildman–Crippen LogP) is -1.75. The van der Waals surface area contributed by atoms with E-state index in [4.69, 9.17) is 9.59 Å². The monoisotopic (exact) mass is 168 g/mol. The molecule has 0 aliphatic heterocycles. The average molecular weight is 168 g/mol. The summed E-state index contributed by atoms with van der Waals surface area (Å²) < 4.78 is 13.1. The molecule has 2 radical (unpaired) electrons. The van der Waals surface area contributed by atoms with Gasteiger partial charge in [0, 0.05) is 14.2 Å². The Hall–Kier alpha value is 0.234. The van der Waals surface area contributed by atoms with E-state index >= 15 is 0 Å². The van der Waals surface area contributed by atoms with Crippen molar-refractivity contribution in [3.8, 4) is 0 Å². The highest BCUT2D eigenvalue weighted by Crippen LogP contribution is 1.85. The van der Waals surface area contributed by atoms with Gasteiger partial charge in [-0.15, -0.1) is 0 Å². The van der Waals surface area contributed by atoms with Crippen LogP contribution < -0.4 is 0 Å². The van der Waals surface area contributed by atoms with E-state index in [0.717, 1.165) is 0 Å². The van der Waals surface area contributed by atoms with Crippen LogP contribution in [0.1, 0.15) is 0 Å². The zero-order valence-corrected chi connectivity index (χ0v) is 7.12. The van der Waals surface area contributed by atoms with Gasteiger partial charge in [0.2, 0.25) is 0 Å². The summed E-state index contributed by atoms with van der Waals surface area (Å²) in [7, 11) is -1.96. The van der Waals surface area contributed by atoms with Crippen molar-refractivity contribution in [3.05, 3.63) is 0 Å². The molecule has 0 unspecified atom stereocenters. The average Bonchev–Trinajstić information content (AvgIpc) is 1.87. The number of hydrogen-bond acceptors (Lipinski definition) is 5. The fraction of sp³-hybridized carbons (Fsp3) is 1.00. The zero-order valence-electron chi connectivity index (χ0n) is 5.12. The van der Waals surface area contributed by atoms with Crippen molar-refractivity contribution in [2.24, 2.45) is 0 Å². The van der Waals surface area contributed by atoms with E-state index in [2.05, 4.69) is 13.0 Å². The third kappa shape index (κ3) is 4.72. The van der Waals surface area contributed by atoms with Crippen LogP contribution in [0.2, 0.25) is 0 Å². The Morgan fingerprint density at radius 1 is 1.00 bits per heavy atom. The number of rotatable bonds is 4. The molecule has 0 amide bonds. The molecule has 0 atom stereocenters. The molecule has 5 nitrogen and oxygen atoms in total. The molecule has 0 aromatic heterocycles. The highest BCUT2D eigenvalue weighted by molar-refractivity contribution is 6.50. The molecule has 7 heteroatoms. The lowest BCUT2D eigenvalue weighted by Gasteiger charge is -2.05. The van der Waals surface area contributed by atoms with E-state index in [1.165, 1.54) is 14.2 Å². The molecule has 0 aliphatic rings. The summed E-state index contributed by atoms with van der Waals surface area (Å²) in [5.74, 6) is 0. The van der Waals surface area contributed by atoms with Gasteiger partial charge in [-0.2, -0.15) is 0 Å². The first-order valence-corrected chi connectivity index (χ1v) is 4.61. The van der Waals surface area contributed by atoms with Gasteiger partial charge in [-0.1, -0.05) is 0 Å². The summed E-state index contributed by atoms with van der Waals surface area (Å²) in [6.07, 6.45) is 0. The molecule has 0 spiro atoms. The normalized spacial score (nSPS) is 11.3. The fourth-order valence-electron chi connectivity index (χ4n) is 0.158. The second kappa shape index (κ2) is 5.05. The summed E-state index contributed by atoms with van der Waals surface area (Å²) in [4.78, 5) is 17.2. The van der Waals surface area contributed by atoms with Gasteiger partial charge in [-0.05, 0) is 0 Å².